The Morgan fingerprint density at radius 3 is 3.15 bits per heavy atom. The molecule has 2 atom stereocenters. The zero-order chi connectivity index (χ0) is 14.5. The number of carbonyl (C=O) groups excluding carboxylic acids is 1. The molecule has 20 heavy (non-hydrogen) atoms. The zero-order valence-corrected chi connectivity index (χ0v) is 12.5. The first-order valence-corrected chi connectivity index (χ1v) is 7.37. The van der Waals surface area contributed by atoms with Crippen molar-refractivity contribution in [1.82, 2.24) is 15.6 Å². The molecule has 0 saturated carbocycles. The predicted molar refractivity (Wildman–Crippen MR) is 80.8 cm³/mol. The van der Waals surface area contributed by atoms with Crippen LogP contribution in [0.2, 0.25) is 0 Å². The highest BCUT2D eigenvalue weighted by molar-refractivity contribution is 5.86. The van der Waals surface area contributed by atoms with Gasteiger partial charge in [0, 0.05) is 30.9 Å². The lowest BCUT2D eigenvalue weighted by Gasteiger charge is -2.35. The number of aromatic nitrogens is 1. The molecule has 0 spiro atoms. The number of hydrogen-bond donors (Lipinski definition) is 2. The number of nitrogens with zero attached hydrogens (tertiary/aromatic N) is 2. The number of hydrogen-bond acceptors (Lipinski definition) is 4. The van der Waals surface area contributed by atoms with Gasteiger partial charge in [0.25, 0.3) is 0 Å². The number of rotatable bonds is 5. The molecule has 1 aromatic heterocycles. The molecule has 0 bridgehead atoms. The van der Waals surface area contributed by atoms with E-state index in [1.807, 2.05) is 13.0 Å². The second-order valence-electron chi connectivity index (χ2n) is 5.25. The molecule has 5 heteroatoms. The lowest BCUT2D eigenvalue weighted by Crippen LogP contribution is -2.54. The van der Waals surface area contributed by atoms with Crippen LogP contribution < -0.4 is 15.5 Å². The van der Waals surface area contributed by atoms with Crippen LogP contribution in [0.4, 0.5) is 5.82 Å². The van der Waals surface area contributed by atoms with E-state index >= 15 is 0 Å². The molecule has 0 aromatic carbocycles. The zero-order valence-electron chi connectivity index (χ0n) is 12.5. The van der Waals surface area contributed by atoms with Gasteiger partial charge in [0.05, 0.1) is 0 Å². The Morgan fingerprint density at radius 2 is 2.40 bits per heavy atom. The summed E-state index contributed by atoms with van der Waals surface area (Å²) in [5.41, 5.74) is 1.16. The van der Waals surface area contributed by atoms with Gasteiger partial charge >= 0.3 is 0 Å². The summed E-state index contributed by atoms with van der Waals surface area (Å²) in [6.45, 7) is 8.68. The van der Waals surface area contributed by atoms with Crippen molar-refractivity contribution < 1.29 is 4.79 Å². The minimum Gasteiger partial charge on any atom is -0.353 e. The quantitative estimate of drug-likeness (QED) is 0.855. The lowest BCUT2D eigenvalue weighted by atomic mass is 10.1. The van der Waals surface area contributed by atoms with E-state index in [-0.39, 0.29) is 18.0 Å². The van der Waals surface area contributed by atoms with Gasteiger partial charge in [-0.15, -0.1) is 0 Å². The summed E-state index contributed by atoms with van der Waals surface area (Å²) in [6, 6.07) is 4.11. The number of amides is 1. The fourth-order valence-corrected chi connectivity index (χ4v) is 2.53. The molecule has 2 N–H and O–H groups in total. The van der Waals surface area contributed by atoms with Crippen LogP contribution in [0, 0.1) is 0 Å². The van der Waals surface area contributed by atoms with Crippen LogP contribution in [0.3, 0.4) is 0 Å². The third-order valence-corrected chi connectivity index (χ3v) is 3.75. The molecule has 2 heterocycles. The first kappa shape index (κ1) is 14.8. The highest BCUT2D eigenvalue weighted by atomic mass is 16.2. The monoisotopic (exact) mass is 276 g/mol. The molecule has 2 unspecified atom stereocenters. The fraction of sp³-hybridized carbons (Fsp3) is 0.600. The molecule has 0 aliphatic carbocycles. The largest absolute Gasteiger partial charge is 0.353 e. The van der Waals surface area contributed by atoms with E-state index in [1.165, 1.54) is 0 Å². The average molecular weight is 276 g/mol. The van der Waals surface area contributed by atoms with E-state index in [9.17, 15) is 4.79 Å². The molecule has 1 saturated heterocycles. The number of pyridine rings is 1. The third kappa shape index (κ3) is 3.10. The summed E-state index contributed by atoms with van der Waals surface area (Å²) in [5.74, 6) is 0.993. The van der Waals surface area contributed by atoms with Crippen LogP contribution in [0.15, 0.2) is 18.3 Å². The highest BCUT2D eigenvalue weighted by Crippen LogP contribution is 2.26. The second kappa shape index (κ2) is 6.70. The van der Waals surface area contributed by atoms with Crippen molar-refractivity contribution in [1.29, 1.82) is 0 Å². The van der Waals surface area contributed by atoms with E-state index in [1.54, 1.807) is 6.20 Å². The Morgan fingerprint density at radius 1 is 1.60 bits per heavy atom. The fourth-order valence-electron chi connectivity index (χ4n) is 2.53. The maximum absolute atomic E-state index is 11.8. The van der Waals surface area contributed by atoms with Crippen molar-refractivity contribution in [3.05, 3.63) is 23.9 Å². The summed E-state index contributed by atoms with van der Waals surface area (Å²) in [5, 5.41) is 6.38. The number of carbonyl (C=O) groups is 1. The highest BCUT2D eigenvalue weighted by Gasteiger charge is 2.28. The molecule has 1 fully saturated rings. The standard InChI is InChI=1S/C15H24N4O/c1-4-7-16-11(2)13-6-5-8-17-14(13)19-10-9-18-15(20)12(19)3/h5-6,8,11-12,16H,4,7,9-10H2,1-3H3,(H,18,20). The molecule has 1 aliphatic rings. The molecule has 0 radical (unpaired) electrons. The number of anilines is 1. The normalized spacial score (nSPS) is 20.6. The molecule has 1 aliphatic heterocycles. The van der Waals surface area contributed by atoms with Crippen molar-refractivity contribution in [2.45, 2.75) is 39.3 Å². The van der Waals surface area contributed by atoms with Crippen molar-refractivity contribution in [2.24, 2.45) is 0 Å². The van der Waals surface area contributed by atoms with Crippen LogP contribution >= 0.6 is 0 Å². The maximum Gasteiger partial charge on any atom is 0.242 e. The van der Waals surface area contributed by atoms with Crippen LogP contribution in [-0.2, 0) is 4.79 Å². The van der Waals surface area contributed by atoms with Gasteiger partial charge in [-0.25, -0.2) is 4.98 Å². The molecule has 5 nitrogen and oxygen atoms in total. The van der Waals surface area contributed by atoms with E-state index in [0.717, 1.165) is 30.9 Å². The Balaban J connectivity index is 2.24. The smallest absolute Gasteiger partial charge is 0.242 e. The van der Waals surface area contributed by atoms with Crippen LogP contribution in [-0.4, -0.2) is 36.6 Å². The molecule has 2 rings (SSSR count). The minimum absolute atomic E-state index is 0.0713. The summed E-state index contributed by atoms with van der Waals surface area (Å²) >= 11 is 0. The van der Waals surface area contributed by atoms with Gasteiger partial charge in [-0.05, 0) is 32.9 Å². The second-order valence-corrected chi connectivity index (χ2v) is 5.25. The van der Waals surface area contributed by atoms with Crippen LogP contribution in [0.25, 0.3) is 0 Å². The summed E-state index contributed by atoms with van der Waals surface area (Å²) < 4.78 is 0. The van der Waals surface area contributed by atoms with Gasteiger partial charge in [-0.3, -0.25) is 4.79 Å². The molecule has 1 amide bonds. The van der Waals surface area contributed by atoms with Gasteiger partial charge < -0.3 is 15.5 Å². The van der Waals surface area contributed by atoms with Gasteiger partial charge in [0.15, 0.2) is 0 Å². The van der Waals surface area contributed by atoms with Crippen LogP contribution in [0.5, 0.6) is 0 Å². The Labute approximate surface area is 120 Å². The average Bonchev–Trinajstić information content (AvgIpc) is 2.47. The minimum atomic E-state index is -0.171. The number of nitrogens with one attached hydrogen (secondary N) is 2. The van der Waals surface area contributed by atoms with Gasteiger partial charge in [-0.1, -0.05) is 13.0 Å². The van der Waals surface area contributed by atoms with Crippen LogP contribution in [0.1, 0.15) is 38.8 Å². The Kier molecular flexibility index (Phi) is 4.95. The van der Waals surface area contributed by atoms with Crippen molar-refractivity contribution >= 4 is 11.7 Å². The Bertz CT molecular complexity index is 463. The molecular formula is C15H24N4O. The van der Waals surface area contributed by atoms with Crippen molar-refractivity contribution in [3.63, 3.8) is 0 Å². The maximum atomic E-state index is 11.8. The first-order chi connectivity index (χ1) is 9.65. The van der Waals surface area contributed by atoms with Gasteiger partial charge in [0.2, 0.25) is 5.91 Å². The van der Waals surface area contributed by atoms with E-state index < -0.39 is 0 Å². The Hall–Kier alpha value is -1.62. The van der Waals surface area contributed by atoms with E-state index in [4.69, 9.17) is 0 Å². The lowest BCUT2D eigenvalue weighted by molar-refractivity contribution is -0.122. The SMILES string of the molecule is CCCNC(C)c1cccnc1N1CCNC(=O)C1C. The topological polar surface area (TPSA) is 57.3 Å². The first-order valence-electron chi connectivity index (χ1n) is 7.37. The summed E-state index contributed by atoms with van der Waals surface area (Å²) in [4.78, 5) is 18.5. The number of piperazine rings is 1. The van der Waals surface area contributed by atoms with Crippen molar-refractivity contribution in [3.8, 4) is 0 Å². The third-order valence-electron chi connectivity index (χ3n) is 3.75. The van der Waals surface area contributed by atoms with Gasteiger partial charge in [0.1, 0.15) is 11.9 Å². The van der Waals surface area contributed by atoms with Crippen molar-refractivity contribution in [2.75, 3.05) is 24.5 Å². The molecule has 110 valence electrons. The molecular weight excluding hydrogens is 252 g/mol. The van der Waals surface area contributed by atoms with Gasteiger partial charge in [-0.2, -0.15) is 0 Å². The summed E-state index contributed by atoms with van der Waals surface area (Å²) in [6.07, 6.45) is 2.90. The van der Waals surface area contributed by atoms with E-state index in [2.05, 4.69) is 40.4 Å². The molecule has 1 aromatic rings. The summed E-state index contributed by atoms with van der Waals surface area (Å²) in [7, 11) is 0. The van der Waals surface area contributed by atoms with E-state index in [0.29, 0.717) is 6.54 Å². The predicted octanol–water partition coefficient (Wildman–Crippen LogP) is 1.47.